The van der Waals surface area contributed by atoms with Gasteiger partial charge in [-0.2, -0.15) is 11.8 Å². The van der Waals surface area contributed by atoms with E-state index in [2.05, 4.69) is 41.7 Å². The Kier molecular flexibility index (Phi) is 5.23. The maximum atomic E-state index is 2.90. The van der Waals surface area contributed by atoms with Crippen molar-refractivity contribution in [1.82, 2.24) is 9.80 Å². The summed E-state index contributed by atoms with van der Waals surface area (Å²) in [6.07, 6.45) is 12.5. The maximum absolute atomic E-state index is 2.90. The van der Waals surface area contributed by atoms with Crippen LogP contribution in [0.3, 0.4) is 0 Å². The molecular weight excluding hydrogens is 276 g/mol. The first kappa shape index (κ1) is 16.1. The summed E-state index contributed by atoms with van der Waals surface area (Å²) in [7, 11) is 0. The summed E-state index contributed by atoms with van der Waals surface area (Å²) in [6, 6.07) is 1.65. The molecule has 0 bridgehead atoms. The van der Waals surface area contributed by atoms with Gasteiger partial charge < -0.3 is 0 Å². The predicted molar refractivity (Wildman–Crippen MR) is 94.1 cm³/mol. The lowest BCUT2D eigenvalue weighted by Crippen LogP contribution is -2.60. The van der Waals surface area contributed by atoms with Crippen molar-refractivity contribution in [3.63, 3.8) is 0 Å². The summed E-state index contributed by atoms with van der Waals surface area (Å²) in [6.45, 7) is 10.2. The molecule has 2 atom stereocenters. The van der Waals surface area contributed by atoms with Crippen LogP contribution in [0, 0.1) is 5.92 Å². The Morgan fingerprint density at radius 1 is 1.10 bits per heavy atom. The van der Waals surface area contributed by atoms with Gasteiger partial charge in [0.05, 0.1) is 0 Å². The molecule has 2 heterocycles. The van der Waals surface area contributed by atoms with E-state index in [1.807, 2.05) is 0 Å². The van der Waals surface area contributed by atoms with E-state index in [4.69, 9.17) is 0 Å². The second-order valence-corrected chi connectivity index (χ2v) is 9.25. The van der Waals surface area contributed by atoms with Gasteiger partial charge in [0.15, 0.2) is 0 Å². The van der Waals surface area contributed by atoms with Crippen molar-refractivity contribution in [2.45, 2.75) is 75.6 Å². The van der Waals surface area contributed by atoms with Gasteiger partial charge in [-0.3, -0.25) is 9.80 Å². The van der Waals surface area contributed by atoms with Crippen LogP contribution in [0.4, 0.5) is 0 Å². The molecule has 0 aromatic heterocycles. The SMILES string of the molecule is CSC1(CN2CC3CCCN3CC2C(C)C)CCCCC1. The van der Waals surface area contributed by atoms with E-state index in [0.717, 1.165) is 18.0 Å². The van der Waals surface area contributed by atoms with Gasteiger partial charge >= 0.3 is 0 Å². The third kappa shape index (κ3) is 3.45. The predicted octanol–water partition coefficient (Wildman–Crippen LogP) is 3.86. The van der Waals surface area contributed by atoms with E-state index >= 15 is 0 Å². The second-order valence-electron chi connectivity index (χ2n) is 7.98. The van der Waals surface area contributed by atoms with Gasteiger partial charge in [0.25, 0.3) is 0 Å². The normalized spacial score (nSPS) is 34.3. The van der Waals surface area contributed by atoms with E-state index in [1.54, 1.807) is 0 Å². The van der Waals surface area contributed by atoms with Crippen LogP contribution in [-0.4, -0.2) is 59.1 Å². The summed E-state index contributed by atoms with van der Waals surface area (Å²) in [4.78, 5) is 5.69. The Labute approximate surface area is 136 Å². The van der Waals surface area contributed by atoms with Gasteiger partial charge in [0.1, 0.15) is 0 Å². The van der Waals surface area contributed by atoms with Crippen molar-refractivity contribution < 1.29 is 0 Å². The Hall–Kier alpha value is 0.270. The van der Waals surface area contributed by atoms with Crippen molar-refractivity contribution >= 4 is 11.8 Å². The van der Waals surface area contributed by atoms with Gasteiger partial charge in [-0.05, 0) is 44.4 Å². The molecule has 0 aromatic rings. The molecule has 3 rings (SSSR count). The first-order valence-corrected chi connectivity index (χ1v) is 10.4. The number of nitrogens with zero attached hydrogens (tertiary/aromatic N) is 2. The van der Waals surface area contributed by atoms with E-state index < -0.39 is 0 Å². The molecule has 1 saturated carbocycles. The van der Waals surface area contributed by atoms with Gasteiger partial charge in [0, 0.05) is 36.5 Å². The Morgan fingerprint density at radius 3 is 2.52 bits per heavy atom. The maximum Gasteiger partial charge on any atom is 0.0284 e. The molecule has 0 aromatic carbocycles. The molecule has 21 heavy (non-hydrogen) atoms. The molecule has 122 valence electrons. The highest BCUT2D eigenvalue weighted by Crippen LogP contribution is 2.41. The summed E-state index contributed by atoms with van der Waals surface area (Å²) >= 11 is 2.17. The second kappa shape index (κ2) is 6.80. The quantitative estimate of drug-likeness (QED) is 0.778. The van der Waals surface area contributed by atoms with Crippen LogP contribution in [-0.2, 0) is 0 Å². The summed E-state index contributed by atoms with van der Waals surface area (Å²) in [5, 5.41) is 0. The molecule has 0 N–H and O–H groups in total. The standard InChI is InChI=1S/C18H34N2S/c1-15(2)17-13-19-11-7-8-16(19)12-20(17)14-18(21-3)9-5-4-6-10-18/h15-17H,4-14H2,1-3H3. The summed E-state index contributed by atoms with van der Waals surface area (Å²) < 4.78 is 0.562. The zero-order valence-corrected chi connectivity index (χ0v) is 15.1. The average Bonchev–Trinajstić information content (AvgIpc) is 2.94. The fourth-order valence-electron chi connectivity index (χ4n) is 4.91. The highest BCUT2D eigenvalue weighted by atomic mass is 32.2. The van der Waals surface area contributed by atoms with E-state index in [1.165, 1.54) is 71.1 Å². The van der Waals surface area contributed by atoms with Crippen LogP contribution in [0.2, 0.25) is 0 Å². The lowest BCUT2D eigenvalue weighted by Gasteiger charge is -2.49. The highest BCUT2D eigenvalue weighted by molar-refractivity contribution is 8.00. The fourth-order valence-corrected chi connectivity index (χ4v) is 5.90. The van der Waals surface area contributed by atoms with Crippen LogP contribution < -0.4 is 0 Å². The molecule has 0 amide bonds. The van der Waals surface area contributed by atoms with Crippen LogP contribution in [0.1, 0.15) is 58.8 Å². The molecule has 0 radical (unpaired) electrons. The molecular formula is C18H34N2S. The molecule has 2 saturated heterocycles. The summed E-state index contributed by atoms with van der Waals surface area (Å²) in [5.41, 5.74) is 0. The van der Waals surface area contributed by atoms with Crippen LogP contribution in [0.15, 0.2) is 0 Å². The van der Waals surface area contributed by atoms with Crippen molar-refractivity contribution in [3.05, 3.63) is 0 Å². The zero-order chi connectivity index (χ0) is 14.9. The Balaban J connectivity index is 1.71. The number of hydrogen-bond acceptors (Lipinski definition) is 3. The van der Waals surface area contributed by atoms with E-state index in [9.17, 15) is 0 Å². The van der Waals surface area contributed by atoms with Crippen molar-refractivity contribution in [3.8, 4) is 0 Å². The molecule has 2 nitrogen and oxygen atoms in total. The average molecular weight is 311 g/mol. The molecule has 3 fully saturated rings. The third-order valence-electron chi connectivity index (χ3n) is 6.29. The van der Waals surface area contributed by atoms with Gasteiger partial charge in [-0.1, -0.05) is 33.1 Å². The smallest absolute Gasteiger partial charge is 0.0284 e. The topological polar surface area (TPSA) is 6.48 Å². The Morgan fingerprint density at radius 2 is 1.86 bits per heavy atom. The van der Waals surface area contributed by atoms with E-state index in [-0.39, 0.29) is 0 Å². The molecule has 2 aliphatic heterocycles. The number of rotatable bonds is 4. The fraction of sp³-hybridized carbons (Fsp3) is 1.00. The first-order valence-electron chi connectivity index (χ1n) is 9.17. The first-order chi connectivity index (χ1) is 10.1. The molecule has 3 heteroatoms. The number of piperazine rings is 1. The van der Waals surface area contributed by atoms with Crippen molar-refractivity contribution in [2.24, 2.45) is 5.92 Å². The van der Waals surface area contributed by atoms with Crippen LogP contribution in [0.5, 0.6) is 0 Å². The third-order valence-corrected chi connectivity index (χ3v) is 7.70. The molecule has 1 aliphatic carbocycles. The van der Waals surface area contributed by atoms with Crippen LogP contribution >= 0.6 is 11.8 Å². The van der Waals surface area contributed by atoms with Gasteiger partial charge in [-0.25, -0.2) is 0 Å². The Bertz CT molecular complexity index is 338. The minimum atomic E-state index is 0.562. The van der Waals surface area contributed by atoms with Gasteiger partial charge in [-0.15, -0.1) is 0 Å². The summed E-state index contributed by atoms with van der Waals surface area (Å²) in [5.74, 6) is 0.786. The molecule has 3 aliphatic rings. The number of thioether (sulfide) groups is 1. The van der Waals surface area contributed by atoms with Crippen molar-refractivity contribution in [2.75, 3.05) is 32.4 Å². The molecule has 2 unspecified atom stereocenters. The highest BCUT2D eigenvalue weighted by Gasteiger charge is 2.41. The van der Waals surface area contributed by atoms with Crippen LogP contribution in [0.25, 0.3) is 0 Å². The number of hydrogen-bond donors (Lipinski definition) is 0. The lowest BCUT2D eigenvalue weighted by atomic mass is 9.86. The lowest BCUT2D eigenvalue weighted by molar-refractivity contribution is 0.0201. The van der Waals surface area contributed by atoms with E-state index in [0.29, 0.717) is 4.75 Å². The minimum absolute atomic E-state index is 0.562. The van der Waals surface area contributed by atoms with Gasteiger partial charge in [0.2, 0.25) is 0 Å². The zero-order valence-electron chi connectivity index (χ0n) is 14.3. The largest absolute Gasteiger partial charge is 0.298 e. The van der Waals surface area contributed by atoms with Crippen molar-refractivity contribution in [1.29, 1.82) is 0 Å². The molecule has 0 spiro atoms. The number of fused-ring (bicyclic) bond motifs is 1. The minimum Gasteiger partial charge on any atom is -0.298 e. The monoisotopic (exact) mass is 310 g/mol.